The molecule has 0 aliphatic carbocycles. The van der Waals surface area contributed by atoms with E-state index < -0.39 is 0 Å². The van der Waals surface area contributed by atoms with E-state index in [0.29, 0.717) is 12.5 Å². The molecule has 0 atom stereocenters. The highest BCUT2D eigenvalue weighted by Gasteiger charge is 2.12. The Morgan fingerprint density at radius 1 is 1.35 bits per heavy atom. The highest BCUT2D eigenvalue weighted by atomic mass is 79.9. The van der Waals surface area contributed by atoms with Crippen LogP contribution in [0.3, 0.4) is 0 Å². The van der Waals surface area contributed by atoms with Crippen LogP contribution in [0.1, 0.15) is 39.4 Å². The Hall–Kier alpha value is -1.17. The number of hydrogen-bond acceptors (Lipinski definition) is 4. The minimum absolute atomic E-state index is 0.00188. The molecule has 0 unspecified atom stereocenters. The van der Waals surface area contributed by atoms with Crippen LogP contribution in [0, 0.1) is 5.92 Å². The quantitative estimate of drug-likeness (QED) is 0.807. The third-order valence-corrected chi connectivity index (χ3v) is 3.10. The van der Waals surface area contributed by atoms with Crippen molar-refractivity contribution in [1.29, 1.82) is 0 Å². The summed E-state index contributed by atoms with van der Waals surface area (Å²) in [6.45, 7) is 9.20. The summed E-state index contributed by atoms with van der Waals surface area (Å²) in [6, 6.07) is 1.82. The molecular formula is C14H23BrN4O. The second-order valence-corrected chi connectivity index (χ2v) is 6.43. The second-order valence-electron chi connectivity index (χ2n) is 5.62. The van der Waals surface area contributed by atoms with Gasteiger partial charge in [-0.2, -0.15) is 0 Å². The molecule has 0 aromatic carbocycles. The van der Waals surface area contributed by atoms with Crippen molar-refractivity contribution in [3.05, 3.63) is 16.5 Å². The Kier molecular flexibility index (Phi) is 6.39. The summed E-state index contributed by atoms with van der Waals surface area (Å²) in [4.78, 5) is 22.5. The second kappa shape index (κ2) is 7.57. The first-order chi connectivity index (χ1) is 9.29. The first kappa shape index (κ1) is 16.9. The van der Waals surface area contributed by atoms with Gasteiger partial charge >= 0.3 is 0 Å². The fourth-order valence-corrected chi connectivity index (χ4v) is 1.93. The Labute approximate surface area is 129 Å². The summed E-state index contributed by atoms with van der Waals surface area (Å²) in [7, 11) is 1.85. The van der Waals surface area contributed by atoms with Crippen molar-refractivity contribution < 1.29 is 4.79 Å². The van der Waals surface area contributed by atoms with Gasteiger partial charge in [-0.25, -0.2) is 9.97 Å². The molecule has 1 heterocycles. The van der Waals surface area contributed by atoms with Gasteiger partial charge in [0.25, 0.3) is 0 Å². The van der Waals surface area contributed by atoms with Gasteiger partial charge in [-0.3, -0.25) is 4.79 Å². The van der Waals surface area contributed by atoms with Gasteiger partial charge in [-0.05, 0) is 21.8 Å². The zero-order valence-electron chi connectivity index (χ0n) is 12.8. The third-order valence-electron chi connectivity index (χ3n) is 2.69. The third kappa shape index (κ3) is 5.45. The number of likely N-dealkylation sites (N-methyl/N-ethyl adjacent to an activating group) is 1. The minimum atomic E-state index is 0.00188. The number of carbonyl (C=O) groups excluding carboxylic acids is 1. The van der Waals surface area contributed by atoms with Crippen LogP contribution in [0.5, 0.6) is 0 Å². The molecule has 0 aliphatic rings. The highest BCUT2D eigenvalue weighted by molar-refractivity contribution is 9.10. The number of amides is 1. The fraction of sp³-hybridized carbons (Fsp3) is 0.643. The van der Waals surface area contributed by atoms with Crippen molar-refractivity contribution in [3.8, 4) is 0 Å². The number of halogens is 1. The molecule has 6 heteroatoms. The van der Waals surface area contributed by atoms with Crippen LogP contribution in [0.2, 0.25) is 0 Å². The largest absolute Gasteiger partial charge is 0.354 e. The van der Waals surface area contributed by atoms with Crippen LogP contribution >= 0.6 is 15.9 Å². The molecule has 0 bridgehead atoms. The molecule has 1 aromatic heterocycles. The normalized spacial score (nSPS) is 11.0. The molecule has 0 saturated carbocycles. The lowest BCUT2D eigenvalue weighted by atomic mass is 10.2. The highest BCUT2D eigenvalue weighted by Crippen LogP contribution is 2.19. The van der Waals surface area contributed by atoms with E-state index in [-0.39, 0.29) is 18.4 Å². The molecule has 112 valence electrons. The number of hydrogen-bond donors (Lipinski definition) is 1. The van der Waals surface area contributed by atoms with Crippen LogP contribution < -0.4 is 10.2 Å². The smallest absolute Gasteiger partial charge is 0.239 e. The lowest BCUT2D eigenvalue weighted by Gasteiger charge is -2.19. The van der Waals surface area contributed by atoms with Gasteiger partial charge in [0.05, 0.1) is 6.54 Å². The van der Waals surface area contributed by atoms with Gasteiger partial charge in [-0.15, -0.1) is 0 Å². The maximum atomic E-state index is 11.8. The van der Waals surface area contributed by atoms with Crippen LogP contribution in [0.25, 0.3) is 0 Å². The molecule has 1 rings (SSSR count). The predicted molar refractivity (Wildman–Crippen MR) is 84.9 cm³/mol. The minimum Gasteiger partial charge on any atom is -0.354 e. The van der Waals surface area contributed by atoms with Crippen molar-refractivity contribution in [2.45, 2.75) is 33.6 Å². The molecule has 1 amide bonds. The van der Waals surface area contributed by atoms with Crippen LogP contribution in [-0.2, 0) is 4.79 Å². The van der Waals surface area contributed by atoms with Crippen LogP contribution in [-0.4, -0.2) is 36.0 Å². The molecule has 20 heavy (non-hydrogen) atoms. The van der Waals surface area contributed by atoms with E-state index in [4.69, 9.17) is 0 Å². The molecule has 0 fully saturated rings. The van der Waals surface area contributed by atoms with E-state index in [1.165, 1.54) is 0 Å². The summed E-state index contributed by atoms with van der Waals surface area (Å²) in [5.74, 6) is 2.21. The lowest BCUT2D eigenvalue weighted by Crippen LogP contribution is -2.37. The molecule has 1 aromatic rings. The molecule has 0 spiro atoms. The Morgan fingerprint density at radius 3 is 2.55 bits per heavy atom. The average Bonchev–Trinajstić information content (AvgIpc) is 2.35. The molecule has 0 aliphatic heterocycles. The average molecular weight is 343 g/mol. The lowest BCUT2D eigenvalue weighted by molar-refractivity contribution is -0.119. The Morgan fingerprint density at radius 2 is 2.00 bits per heavy atom. The van der Waals surface area contributed by atoms with Gasteiger partial charge in [0.15, 0.2) is 0 Å². The van der Waals surface area contributed by atoms with E-state index >= 15 is 0 Å². The maximum Gasteiger partial charge on any atom is 0.239 e. The fourth-order valence-electron chi connectivity index (χ4n) is 1.55. The number of rotatable bonds is 6. The zero-order chi connectivity index (χ0) is 15.3. The summed E-state index contributed by atoms with van der Waals surface area (Å²) < 4.78 is 0.737. The maximum absolute atomic E-state index is 11.8. The summed E-state index contributed by atoms with van der Waals surface area (Å²) in [5, 5.41) is 2.90. The van der Waals surface area contributed by atoms with Gasteiger partial charge in [0, 0.05) is 25.6 Å². The topological polar surface area (TPSA) is 58.1 Å². The number of anilines is 1. The summed E-state index contributed by atoms with van der Waals surface area (Å²) >= 11 is 3.39. The number of aromatic nitrogens is 2. The SMILES string of the molecule is CC(C)CNC(=O)CN(C)c1cc(Br)nc(C(C)C)n1. The first-order valence-corrected chi connectivity index (χ1v) is 7.61. The van der Waals surface area contributed by atoms with Gasteiger partial charge in [0.2, 0.25) is 5.91 Å². The number of carbonyl (C=O) groups is 1. The van der Waals surface area contributed by atoms with Gasteiger partial charge in [0.1, 0.15) is 16.2 Å². The number of nitrogens with one attached hydrogen (secondary N) is 1. The zero-order valence-corrected chi connectivity index (χ0v) is 14.4. The molecular weight excluding hydrogens is 320 g/mol. The van der Waals surface area contributed by atoms with Gasteiger partial charge in [-0.1, -0.05) is 27.7 Å². The molecule has 0 radical (unpaired) electrons. The van der Waals surface area contributed by atoms with Crippen molar-refractivity contribution in [1.82, 2.24) is 15.3 Å². The number of nitrogens with zero attached hydrogens (tertiary/aromatic N) is 3. The van der Waals surface area contributed by atoms with Gasteiger partial charge < -0.3 is 10.2 Å². The predicted octanol–water partition coefficient (Wildman–Crippen LogP) is 2.57. The monoisotopic (exact) mass is 342 g/mol. The van der Waals surface area contributed by atoms with Crippen LogP contribution in [0.15, 0.2) is 10.7 Å². The first-order valence-electron chi connectivity index (χ1n) is 6.82. The Balaban J connectivity index is 2.72. The standard InChI is InChI=1S/C14H23BrN4O/c1-9(2)7-16-13(20)8-19(5)12-6-11(15)17-14(18-12)10(3)4/h6,9-10H,7-8H2,1-5H3,(H,16,20). The Bertz CT molecular complexity index is 462. The van der Waals surface area contributed by atoms with E-state index in [1.54, 1.807) is 0 Å². The van der Waals surface area contributed by atoms with Crippen LogP contribution in [0.4, 0.5) is 5.82 Å². The van der Waals surface area contributed by atoms with E-state index in [9.17, 15) is 4.79 Å². The van der Waals surface area contributed by atoms with Crippen molar-refractivity contribution in [3.63, 3.8) is 0 Å². The van der Waals surface area contributed by atoms with E-state index in [1.807, 2.05) is 31.9 Å². The van der Waals surface area contributed by atoms with Crippen molar-refractivity contribution >= 4 is 27.7 Å². The molecule has 0 saturated heterocycles. The molecule has 1 N–H and O–H groups in total. The molecule has 5 nitrogen and oxygen atoms in total. The summed E-state index contributed by atoms with van der Waals surface area (Å²) in [6.07, 6.45) is 0. The van der Waals surface area contributed by atoms with Crippen molar-refractivity contribution in [2.75, 3.05) is 25.0 Å². The van der Waals surface area contributed by atoms with E-state index in [0.717, 1.165) is 16.2 Å². The van der Waals surface area contributed by atoms with E-state index in [2.05, 4.69) is 45.1 Å². The summed E-state index contributed by atoms with van der Waals surface area (Å²) in [5.41, 5.74) is 0. The van der Waals surface area contributed by atoms with Crippen molar-refractivity contribution in [2.24, 2.45) is 5.92 Å².